The summed E-state index contributed by atoms with van der Waals surface area (Å²) in [5.41, 5.74) is -0.462. The molecule has 0 aromatic rings. The van der Waals surface area contributed by atoms with Crippen LogP contribution in [0.2, 0.25) is 0 Å². The van der Waals surface area contributed by atoms with E-state index in [4.69, 9.17) is 9.84 Å². The fraction of sp³-hybridized carbons (Fsp3) is 0.833. The van der Waals surface area contributed by atoms with Crippen LogP contribution in [-0.2, 0) is 9.53 Å². The summed E-state index contributed by atoms with van der Waals surface area (Å²) in [5, 5.41) is 8.86. The number of rotatable bonds is 0. The lowest BCUT2D eigenvalue weighted by molar-refractivity contribution is -0.151. The highest BCUT2D eigenvalue weighted by Gasteiger charge is 2.38. The molecule has 0 spiro atoms. The Morgan fingerprint density at radius 3 is 2.44 bits per heavy atom. The van der Waals surface area contributed by atoms with Crippen LogP contribution in [0.4, 0.5) is 0 Å². The first kappa shape index (κ1) is 6.55. The molecule has 0 aromatic carbocycles. The third kappa shape index (κ3) is 1.21. The second-order valence-electron chi connectivity index (χ2n) is 2.90. The minimum atomic E-state index is -0.903. The largest absolute Gasteiger partial charge is 0.458 e. The van der Waals surface area contributed by atoms with E-state index >= 15 is 0 Å². The third-order valence-corrected chi connectivity index (χ3v) is 1.33. The zero-order valence-electron chi connectivity index (χ0n) is 5.55. The van der Waals surface area contributed by atoms with Gasteiger partial charge in [-0.3, -0.25) is 0 Å². The molecule has 0 aromatic heterocycles. The molecule has 0 aliphatic carbocycles. The molecule has 1 atom stereocenters. The Balaban J connectivity index is 2.65. The van der Waals surface area contributed by atoms with Crippen molar-refractivity contribution in [2.75, 3.05) is 0 Å². The molecule has 0 radical (unpaired) electrons. The lowest BCUT2D eigenvalue weighted by Gasteiger charge is -2.13. The van der Waals surface area contributed by atoms with Gasteiger partial charge in [-0.05, 0) is 13.8 Å². The Kier molecular flexibility index (Phi) is 1.24. The van der Waals surface area contributed by atoms with Gasteiger partial charge in [0, 0.05) is 6.42 Å². The fourth-order valence-electron chi connectivity index (χ4n) is 0.931. The maximum atomic E-state index is 10.5. The van der Waals surface area contributed by atoms with Crippen LogP contribution in [-0.4, -0.2) is 22.8 Å². The zero-order valence-corrected chi connectivity index (χ0v) is 5.55. The zero-order chi connectivity index (χ0) is 7.07. The number of hydrogen-bond donors (Lipinski definition) is 1. The van der Waals surface area contributed by atoms with E-state index in [2.05, 4.69) is 0 Å². The third-order valence-electron chi connectivity index (χ3n) is 1.33. The molecular weight excluding hydrogens is 120 g/mol. The average molecular weight is 130 g/mol. The van der Waals surface area contributed by atoms with Gasteiger partial charge in [0.25, 0.3) is 0 Å². The summed E-state index contributed by atoms with van der Waals surface area (Å²) in [6.07, 6.45) is -0.494. The van der Waals surface area contributed by atoms with E-state index < -0.39 is 17.7 Å². The van der Waals surface area contributed by atoms with Gasteiger partial charge in [0.1, 0.15) is 5.60 Å². The maximum Gasteiger partial charge on any atom is 0.335 e. The standard InChI is InChI=1S/C6H10O3/c1-6(2)3-4(7)5(8)9-6/h4,7H,3H2,1-2H3/t4-/m0/s1. The van der Waals surface area contributed by atoms with Crippen LogP contribution in [0, 0.1) is 0 Å². The number of esters is 1. The van der Waals surface area contributed by atoms with E-state index in [1.165, 1.54) is 0 Å². The van der Waals surface area contributed by atoms with Crippen molar-refractivity contribution in [3.05, 3.63) is 0 Å². The van der Waals surface area contributed by atoms with Crippen molar-refractivity contribution in [2.45, 2.75) is 32.0 Å². The van der Waals surface area contributed by atoms with Crippen molar-refractivity contribution in [3.63, 3.8) is 0 Å². The Bertz CT molecular complexity index is 139. The predicted molar refractivity (Wildman–Crippen MR) is 30.8 cm³/mol. The van der Waals surface area contributed by atoms with Crippen molar-refractivity contribution in [1.82, 2.24) is 0 Å². The van der Waals surface area contributed by atoms with E-state index in [0.29, 0.717) is 6.42 Å². The van der Waals surface area contributed by atoms with Gasteiger partial charge in [-0.25, -0.2) is 4.79 Å². The van der Waals surface area contributed by atoms with Crippen LogP contribution < -0.4 is 0 Å². The van der Waals surface area contributed by atoms with Gasteiger partial charge in [0.15, 0.2) is 6.10 Å². The van der Waals surface area contributed by atoms with Crippen LogP contribution in [0.3, 0.4) is 0 Å². The van der Waals surface area contributed by atoms with Gasteiger partial charge in [-0.15, -0.1) is 0 Å². The molecule has 0 unspecified atom stereocenters. The van der Waals surface area contributed by atoms with E-state index in [-0.39, 0.29) is 0 Å². The van der Waals surface area contributed by atoms with Gasteiger partial charge in [0.2, 0.25) is 0 Å². The van der Waals surface area contributed by atoms with Gasteiger partial charge in [0.05, 0.1) is 0 Å². The average Bonchev–Trinajstić information content (AvgIpc) is 1.79. The Morgan fingerprint density at radius 1 is 1.78 bits per heavy atom. The minimum absolute atomic E-state index is 0.409. The number of carbonyl (C=O) groups excluding carboxylic acids is 1. The summed E-state index contributed by atoms with van der Waals surface area (Å²) in [6, 6.07) is 0. The van der Waals surface area contributed by atoms with E-state index in [9.17, 15) is 4.79 Å². The summed E-state index contributed by atoms with van der Waals surface area (Å²) in [6.45, 7) is 3.56. The molecule has 1 aliphatic rings. The topological polar surface area (TPSA) is 46.5 Å². The van der Waals surface area contributed by atoms with Gasteiger partial charge in [-0.2, -0.15) is 0 Å². The second kappa shape index (κ2) is 1.70. The molecule has 1 saturated heterocycles. The van der Waals surface area contributed by atoms with Crippen LogP contribution in [0.15, 0.2) is 0 Å². The van der Waals surface area contributed by atoms with Crippen molar-refractivity contribution in [1.29, 1.82) is 0 Å². The molecule has 0 amide bonds. The Labute approximate surface area is 53.6 Å². The summed E-state index contributed by atoms with van der Waals surface area (Å²) in [7, 11) is 0. The molecule has 0 bridgehead atoms. The van der Waals surface area contributed by atoms with E-state index in [0.717, 1.165) is 0 Å². The number of cyclic esters (lactones) is 1. The molecule has 1 N–H and O–H groups in total. The first-order valence-corrected chi connectivity index (χ1v) is 2.92. The first-order valence-electron chi connectivity index (χ1n) is 2.92. The molecule has 1 fully saturated rings. The van der Waals surface area contributed by atoms with Gasteiger partial charge >= 0.3 is 5.97 Å². The van der Waals surface area contributed by atoms with Crippen molar-refractivity contribution < 1.29 is 14.6 Å². The van der Waals surface area contributed by atoms with Crippen LogP contribution >= 0.6 is 0 Å². The molecule has 1 heterocycles. The number of aliphatic hydroxyl groups is 1. The van der Waals surface area contributed by atoms with Crippen molar-refractivity contribution in [2.24, 2.45) is 0 Å². The molecule has 52 valence electrons. The molecular formula is C6H10O3. The lowest BCUT2D eigenvalue weighted by atomic mass is 10.1. The summed E-state index contributed by atoms with van der Waals surface area (Å²) in [4.78, 5) is 10.5. The number of aliphatic hydroxyl groups excluding tert-OH is 1. The minimum Gasteiger partial charge on any atom is -0.458 e. The highest BCUT2D eigenvalue weighted by atomic mass is 16.6. The first-order chi connectivity index (χ1) is 4.01. The van der Waals surface area contributed by atoms with Crippen LogP contribution in [0.25, 0.3) is 0 Å². The van der Waals surface area contributed by atoms with Crippen LogP contribution in [0.5, 0.6) is 0 Å². The SMILES string of the molecule is CC1(C)C[C@H](O)C(=O)O1. The summed E-state index contributed by atoms with van der Waals surface area (Å²) >= 11 is 0. The highest BCUT2D eigenvalue weighted by Crippen LogP contribution is 2.24. The summed E-state index contributed by atoms with van der Waals surface area (Å²) in [5.74, 6) is -0.500. The predicted octanol–water partition coefficient (Wildman–Crippen LogP) is 0.0728. The molecule has 1 rings (SSSR count). The molecule has 3 heteroatoms. The second-order valence-corrected chi connectivity index (χ2v) is 2.90. The maximum absolute atomic E-state index is 10.5. The van der Waals surface area contributed by atoms with E-state index in [1.807, 2.05) is 0 Å². The number of carbonyl (C=O) groups is 1. The molecule has 1 aliphatic heterocycles. The van der Waals surface area contributed by atoms with Gasteiger partial charge in [-0.1, -0.05) is 0 Å². The Morgan fingerprint density at radius 2 is 2.33 bits per heavy atom. The van der Waals surface area contributed by atoms with Crippen molar-refractivity contribution in [3.8, 4) is 0 Å². The molecule has 9 heavy (non-hydrogen) atoms. The molecule has 3 nitrogen and oxygen atoms in total. The smallest absolute Gasteiger partial charge is 0.335 e. The highest BCUT2D eigenvalue weighted by molar-refractivity contribution is 5.77. The van der Waals surface area contributed by atoms with Crippen LogP contribution in [0.1, 0.15) is 20.3 Å². The fourth-order valence-corrected chi connectivity index (χ4v) is 0.931. The molecule has 0 saturated carbocycles. The number of ether oxygens (including phenoxy) is 1. The summed E-state index contributed by atoms with van der Waals surface area (Å²) < 4.78 is 4.77. The number of hydrogen-bond acceptors (Lipinski definition) is 3. The monoisotopic (exact) mass is 130 g/mol. The normalized spacial score (nSPS) is 32.3. The lowest BCUT2D eigenvalue weighted by Crippen LogP contribution is -2.17. The quantitative estimate of drug-likeness (QED) is 0.472. The van der Waals surface area contributed by atoms with Gasteiger partial charge < -0.3 is 9.84 Å². The van der Waals surface area contributed by atoms with E-state index in [1.54, 1.807) is 13.8 Å². The van der Waals surface area contributed by atoms with Crippen molar-refractivity contribution >= 4 is 5.97 Å². The Hall–Kier alpha value is -0.570.